The number of rotatable bonds is 3. The van der Waals surface area contributed by atoms with Gasteiger partial charge in [-0.3, -0.25) is 14.3 Å². The monoisotopic (exact) mass is 397 g/mol. The molecule has 0 aliphatic rings. The van der Waals surface area contributed by atoms with Crippen LogP contribution in [-0.4, -0.2) is 25.5 Å². The number of aromatic nitrogens is 4. The largest absolute Gasteiger partial charge is 0.303 e. The first-order valence-electron chi connectivity index (χ1n) is 7.26. The molecule has 3 aromatic rings. The number of aryl methyl sites for hydroxylation is 2. The predicted molar refractivity (Wildman–Crippen MR) is 92.9 cm³/mol. The molecular weight excluding hydrogens is 386 g/mol. The third-order valence-corrected chi connectivity index (χ3v) is 4.13. The minimum absolute atomic E-state index is 0.00649. The molecule has 3 aromatic heterocycles. The highest BCUT2D eigenvalue weighted by atomic mass is 79.9. The highest BCUT2D eigenvalue weighted by Gasteiger charge is 2.21. The predicted octanol–water partition coefficient (Wildman–Crippen LogP) is 2.63. The van der Waals surface area contributed by atoms with E-state index in [4.69, 9.17) is 5.26 Å². The zero-order valence-corrected chi connectivity index (χ0v) is 15.0. The van der Waals surface area contributed by atoms with Crippen molar-refractivity contribution in [1.82, 2.24) is 19.6 Å². The number of hydrogen-bond acceptors (Lipinski definition) is 5. The molecular formula is C16H12BrN7O. The van der Waals surface area contributed by atoms with Crippen LogP contribution in [0.2, 0.25) is 0 Å². The summed E-state index contributed by atoms with van der Waals surface area (Å²) in [6, 6.07) is 5.82. The van der Waals surface area contributed by atoms with Gasteiger partial charge in [-0.2, -0.15) is 15.6 Å². The van der Waals surface area contributed by atoms with Crippen molar-refractivity contribution in [1.29, 1.82) is 10.5 Å². The lowest BCUT2D eigenvalue weighted by atomic mass is 10.2. The number of amides is 1. The summed E-state index contributed by atoms with van der Waals surface area (Å²) in [5, 5.41) is 27.2. The quantitative estimate of drug-likeness (QED) is 0.702. The van der Waals surface area contributed by atoms with Gasteiger partial charge in [-0.05, 0) is 41.4 Å². The maximum atomic E-state index is 12.8. The van der Waals surface area contributed by atoms with E-state index in [1.165, 1.54) is 0 Å². The normalized spacial score (nSPS) is 10.4. The molecule has 25 heavy (non-hydrogen) atoms. The molecule has 0 aliphatic carbocycles. The molecule has 124 valence electrons. The topological polar surface area (TPSA) is 123 Å². The molecule has 0 aliphatic heterocycles. The highest BCUT2D eigenvalue weighted by molar-refractivity contribution is 9.10. The zero-order valence-electron chi connectivity index (χ0n) is 13.4. The van der Waals surface area contributed by atoms with Gasteiger partial charge in [0.05, 0.1) is 23.9 Å². The number of nitrogens with one attached hydrogen (secondary N) is 2. The van der Waals surface area contributed by atoms with Gasteiger partial charge in [0.15, 0.2) is 5.82 Å². The lowest BCUT2D eigenvalue weighted by Crippen LogP contribution is -2.16. The smallest absolute Gasteiger partial charge is 0.275 e. The molecule has 9 heteroatoms. The molecule has 3 rings (SSSR count). The van der Waals surface area contributed by atoms with E-state index in [1.807, 2.05) is 25.1 Å². The van der Waals surface area contributed by atoms with E-state index in [-0.39, 0.29) is 17.8 Å². The van der Waals surface area contributed by atoms with Crippen LogP contribution in [0.4, 0.5) is 5.82 Å². The minimum Gasteiger partial charge on any atom is -0.303 e. The molecule has 0 aromatic carbocycles. The summed E-state index contributed by atoms with van der Waals surface area (Å²) >= 11 is 3.41. The zero-order chi connectivity index (χ0) is 18.1. The molecule has 2 N–H and O–H groups in total. The lowest BCUT2D eigenvalue weighted by molar-refractivity contribution is 0.102. The number of aromatic amines is 1. The third kappa shape index (κ3) is 2.86. The second-order valence-electron chi connectivity index (χ2n) is 5.41. The van der Waals surface area contributed by atoms with Gasteiger partial charge >= 0.3 is 0 Å². The van der Waals surface area contributed by atoms with E-state index in [9.17, 15) is 10.1 Å². The summed E-state index contributed by atoms with van der Waals surface area (Å²) in [7, 11) is 0. The summed E-state index contributed by atoms with van der Waals surface area (Å²) in [5.74, 6) is -0.340. The Morgan fingerprint density at radius 3 is 2.88 bits per heavy atom. The Morgan fingerprint density at radius 1 is 1.44 bits per heavy atom. The van der Waals surface area contributed by atoms with Crippen LogP contribution in [0.1, 0.15) is 33.0 Å². The lowest BCUT2D eigenvalue weighted by Gasteiger charge is -2.05. The van der Waals surface area contributed by atoms with Crippen LogP contribution < -0.4 is 5.32 Å². The van der Waals surface area contributed by atoms with Gasteiger partial charge in [0.1, 0.15) is 23.0 Å². The maximum absolute atomic E-state index is 12.8. The Morgan fingerprint density at radius 2 is 2.20 bits per heavy atom. The van der Waals surface area contributed by atoms with Gasteiger partial charge in [-0.15, -0.1) is 0 Å². The molecule has 0 saturated carbocycles. The summed E-state index contributed by atoms with van der Waals surface area (Å²) in [4.78, 5) is 17.2. The number of imidazole rings is 1. The fraction of sp³-hybridized carbons (Fsp3) is 0.188. The van der Waals surface area contributed by atoms with Crippen LogP contribution >= 0.6 is 15.9 Å². The standard InChI is InChI=1S/C16H12BrN7O/c1-8-5-10(17)7-24-13(9(2)20-15(8)24)16(25)21-14-11(6-19)12(3-4-18)22-23-14/h5,7H,3H2,1-2H3,(H2,21,22,23,25). The van der Waals surface area contributed by atoms with Crippen molar-refractivity contribution in [3.05, 3.63) is 44.9 Å². The SMILES string of the molecule is Cc1nc2c(C)cc(Br)cn2c1C(=O)Nc1n[nH]c(CC#N)c1C#N. The molecule has 8 nitrogen and oxygen atoms in total. The molecule has 0 fully saturated rings. The summed E-state index contributed by atoms with van der Waals surface area (Å²) in [5.41, 5.74) is 3.04. The van der Waals surface area contributed by atoms with Crippen molar-refractivity contribution in [2.75, 3.05) is 5.32 Å². The highest BCUT2D eigenvalue weighted by Crippen LogP contribution is 2.22. The Hall–Kier alpha value is -3.17. The first-order chi connectivity index (χ1) is 12.0. The summed E-state index contributed by atoms with van der Waals surface area (Å²) in [6.45, 7) is 3.65. The maximum Gasteiger partial charge on any atom is 0.275 e. The number of H-pyrrole nitrogens is 1. The van der Waals surface area contributed by atoms with Crippen molar-refractivity contribution in [3.8, 4) is 12.1 Å². The van der Waals surface area contributed by atoms with Crippen LogP contribution in [0.3, 0.4) is 0 Å². The fourth-order valence-electron chi connectivity index (χ4n) is 2.62. The number of pyridine rings is 1. The number of carbonyl (C=O) groups is 1. The average molecular weight is 398 g/mol. The van der Waals surface area contributed by atoms with Crippen LogP contribution in [0.15, 0.2) is 16.7 Å². The van der Waals surface area contributed by atoms with Gasteiger partial charge in [-0.1, -0.05) is 0 Å². The van der Waals surface area contributed by atoms with Gasteiger partial charge in [0, 0.05) is 10.7 Å². The van der Waals surface area contributed by atoms with Crippen LogP contribution in [0.5, 0.6) is 0 Å². The number of fused-ring (bicyclic) bond motifs is 1. The van der Waals surface area contributed by atoms with E-state index in [0.717, 1.165) is 10.0 Å². The van der Waals surface area contributed by atoms with Crippen molar-refractivity contribution >= 4 is 33.3 Å². The first kappa shape index (κ1) is 16.7. The van der Waals surface area contributed by atoms with Crippen molar-refractivity contribution in [2.45, 2.75) is 20.3 Å². The van der Waals surface area contributed by atoms with Crippen LogP contribution in [0.25, 0.3) is 5.65 Å². The fourth-order valence-corrected chi connectivity index (χ4v) is 3.17. The van der Waals surface area contributed by atoms with E-state index >= 15 is 0 Å². The second kappa shape index (κ2) is 6.38. The van der Waals surface area contributed by atoms with E-state index in [2.05, 4.69) is 36.4 Å². The molecule has 0 bridgehead atoms. The van der Waals surface area contributed by atoms with E-state index < -0.39 is 5.91 Å². The molecule has 0 unspecified atom stereocenters. The molecule has 0 saturated heterocycles. The van der Waals surface area contributed by atoms with Crippen LogP contribution in [0, 0.1) is 36.5 Å². The Balaban J connectivity index is 2.04. The summed E-state index contributed by atoms with van der Waals surface area (Å²) in [6.07, 6.45) is 1.76. The first-order valence-corrected chi connectivity index (χ1v) is 8.06. The molecule has 1 amide bonds. The minimum atomic E-state index is -0.436. The van der Waals surface area contributed by atoms with Gasteiger partial charge in [0.25, 0.3) is 5.91 Å². The Bertz CT molecular complexity index is 1080. The van der Waals surface area contributed by atoms with Gasteiger partial charge < -0.3 is 5.32 Å². The van der Waals surface area contributed by atoms with Crippen molar-refractivity contribution in [2.24, 2.45) is 0 Å². The molecule has 0 spiro atoms. The molecule has 0 radical (unpaired) electrons. The number of carbonyl (C=O) groups excluding carboxylic acids is 1. The number of anilines is 1. The third-order valence-electron chi connectivity index (χ3n) is 3.70. The van der Waals surface area contributed by atoms with E-state index in [0.29, 0.717) is 22.7 Å². The van der Waals surface area contributed by atoms with E-state index in [1.54, 1.807) is 17.5 Å². The number of halogens is 1. The molecule has 3 heterocycles. The van der Waals surface area contributed by atoms with Crippen molar-refractivity contribution < 1.29 is 4.79 Å². The van der Waals surface area contributed by atoms with Crippen molar-refractivity contribution in [3.63, 3.8) is 0 Å². The Labute approximate surface area is 151 Å². The second-order valence-corrected chi connectivity index (χ2v) is 6.32. The van der Waals surface area contributed by atoms with Crippen LogP contribution in [-0.2, 0) is 6.42 Å². The Kier molecular flexibility index (Phi) is 4.26. The van der Waals surface area contributed by atoms with Gasteiger partial charge in [0.2, 0.25) is 0 Å². The number of nitriles is 2. The molecule has 0 atom stereocenters. The number of hydrogen-bond donors (Lipinski definition) is 2. The average Bonchev–Trinajstić information content (AvgIpc) is 3.08. The number of nitrogens with zero attached hydrogens (tertiary/aromatic N) is 5. The van der Waals surface area contributed by atoms with Gasteiger partial charge in [-0.25, -0.2) is 4.98 Å². The summed E-state index contributed by atoms with van der Waals surface area (Å²) < 4.78 is 2.51.